The van der Waals surface area contributed by atoms with Gasteiger partial charge in [-0.25, -0.2) is 4.79 Å². The Morgan fingerprint density at radius 3 is 1.95 bits per heavy atom. The summed E-state index contributed by atoms with van der Waals surface area (Å²) >= 11 is 0. The van der Waals surface area contributed by atoms with Crippen LogP contribution in [0.4, 0.5) is 0 Å². The molecule has 0 heterocycles. The van der Waals surface area contributed by atoms with Gasteiger partial charge < -0.3 is 9.84 Å². The molecule has 3 heteroatoms. The van der Waals surface area contributed by atoms with Crippen molar-refractivity contribution in [1.29, 1.82) is 0 Å². The van der Waals surface area contributed by atoms with E-state index >= 15 is 0 Å². The number of para-hydroxylation sites is 1. The number of carboxylic acid groups (broad SMARTS) is 1. The second-order valence-electron chi connectivity index (χ2n) is 5.91. The zero-order valence-corrected chi connectivity index (χ0v) is 12.2. The lowest BCUT2D eigenvalue weighted by Gasteiger charge is -2.33. The molecule has 0 unspecified atom stereocenters. The lowest BCUT2D eigenvalue weighted by Crippen LogP contribution is -2.46. The van der Waals surface area contributed by atoms with Crippen LogP contribution in [0.2, 0.25) is 0 Å². The summed E-state index contributed by atoms with van der Waals surface area (Å²) in [5.74, 6) is 0.266. The van der Waals surface area contributed by atoms with E-state index in [0.717, 1.165) is 0 Å². The topological polar surface area (TPSA) is 46.5 Å². The lowest BCUT2D eigenvalue weighted by atomic mass is 9.84. The first-order valence-electron chi connectivity index (χ1n) is 6.83. The number of benzene rings is 1. The van der Waals surface area contributed by atoms with Gasteiger partial charge in [-0.15, -0.1) is 0 Å². The monoisotopic (exact) mass is 264 g/mol. The molecule has 0 fully saturated rings. The summed E-state index contributed by atoms with van der Waals surface area (Å²) in [5.41, 5.74) is -1.14. The van der Waals surface area contributed by atoms with E-state index in [9.17, 15) is 9.90 Å². The first-order chi connectivity index (χ1) is 8.85. The predicted octanol–water partition coefficient (Wildman–Crippen LogP) is 3.98. The largest absolute Gasteiger partial charge is 0.478 e. The molecule has 19 heavy (non-hydrogen) atoms. The summed E-state index contributed by atoms with van der Waals surface area (Å²) in [7, 11) is 0. The number of carbonyl (C=O) groups is 1. The van der Waals surface area contributed by atoms with Gasteiger partial charge in [0.05, 0.1) is 0 Å². The van der Waals surface area contributed by atoms with E-state index in [2.05, 4.69) is 0 Å². The van der Waals surface area contributed by atoms with E-state index in [1.54, 1.807) is 12.1 Å². The minimum absolute atomic E-state index is 0.263. The average molecular weight is 264 g/mol. The van der Waals surface area contributed by atoms with Crippen molar-refractivity contribution in [2.75, 3.05) is 0 Å². The van der Waals surface area contributed by atoms with Crippen LogP contribution < -0.4 is 4.74 Å². The van der Waals surface area contributed by atoms with Crippen LogP contribution in [0, 0.1) is 11.8 Å². The Balaban J connectivity index is 3.04. The maximum absolute atomic E-state index is 11.8. The van der Waals surface area contributed by atoms with Gasteiger partial charge in [-0.3, -0.25) is 0 Å². The molecule has 0 atom stereocenters. The van der Waals surface area contributed by atoms with Crippen molar-refractivity contribution in [2.24, 2.45) is 11.8 Å². The van der Waals surface area contributed by atoms with Crippen molar-refractivity contribution in [3.63, 3.8) is 0 Å². The summed E-state index contributed by atoms with van der Waals surface area (Å²) < 4.78 is 5.89. The predicted molar refractivity (Wildman–Crippen MR) is 76.3 cm³/mol. The van der Waals surface area contributed by atoms with Gasteiger partial charge in [0.15, 0.2) is 0 Å². The summed E-state index contributed by atoms with van der Waals surface area (Å²) in [6.07, 6.45) is 1.02. The zero-order chi connectivity index (χ0) is 14.5. The van der Waals surface area contributed by atoms with Crippen molar-refractivity contribution in [3.8, 4) is 5.75 Å². The molecule has 1 N–H and O–H groups in total. The van der Waals surface area contributed by atoms with Gasteiger partial charge in [0, 0.05) is 12.8 Å². The molecule has 1 rings (SSSR count). The SMILES string of the molecule is CC(C)CC(CC(C)C)(Oc1ccccc1)C(=O)O. The van der Waals surface area contributed by atoms with Crippen molar-refractivity contribution in [3.05, 3.63) is 30.3 Å². The highest BCUT2D eigenvalue weighted by Gasteiger charge is 2.42. The van der Waals surface area contributed by atoms with E-state index in [0.29, 0.717) is 18.6 Å². The summed E-state index contributed by atoms with van der Waals surface area (Å²) in [6.45, 7) is 8.08. The highest BCUT2D eigenvalue weighted by atomic mass is 16.5. The Morgan fingerprint density at radius 1 is 1.11 bits per heavy atom. The number of aliphatic carboxylic acids is 1. The van der Waals surface area contributed by atoms with Gasteiger partial charge in [0.1, 0.15) is 5.75 Å². The van der Waals surface area contributed by atoms with Crippen LogP contribution in [-0.4, -0.2) is 16.7 Å². The van der Waals surface area contributed by atoms with Crippen molar-refractivity contribution in [1.82, 2.24) is 0 Å². The Bertz CT molecular complexity index is 386. The van der Waals surface area contributed by atoms with Crippen LogP contribution in [0.25, 0.3) is 0 Å². The molecule has 106 valence electrons. The molecule has 0 aliphatic rings. The number of hydrogen-bond acceptors (Lipinski definition) is 2. The van der Waals surface area contributed by atoms with Crippen LogP contribution in [-0.2, 0) is 4.79 Å². The Hall–Kier alpha value is -1.51. The summed E-state index contributed by atoms with van der Waals surface area (Å²) in [4.78, 5) is 11.8. The fraction of sp³-hybridized carbons (Fsp3) is 0.562. The number of ether oxygens (including phenoxy) is 1. The lowest BCUT2D eigenvalue weighted by molar-refractivity contribution is -0.158. The Labute approximate surface area is 115 Å². The number of hydrogen-bond donors (Lipinski definition) is 1. The van der Waals surface area contributed by atoms with Crippen LogP contribution in [0.1, 0.15) is 40.5 Å². The molecule has 0 aliphatic carbocycles. The van der Waals surface area contributed by atoms with E-state index in [-0.39, 0.29) is 11.8 Å². The molecule has 3 nitrogen and oxygen atoms in total. The van der Waals surface area contributed by atoms with E-state index in [1.165, 1.54) is 0 Å². The smallest absolute Gasteiger partial charge is 0.348 e. The summed E-state index contributed by atoms with van der Waals surface area (Å²) in [5, 5.41) is 9.66. The van der Waals surface area contributed by atoms with Gasteiger partial charge in [0.25, 0.3) is 0 Å². The third-order valence-electron chi connectivity index (χ3n) is 2.92. The number of rotatable bonds is 7. The molecule has 0 spiro atoms. The Morgan fingerprint density at radius 2 is 1.58 bits per heavy atom. The fourth-order valence-electron chi connectivity index (χ4n) is 2.42. The van der Waals surface area contributed by atoms with Gasteiger partial charge in [-0.1, -0.05) is 45.9 Å². The first kappa shape index (κ1) is 15.5. The molecule has 0 amide bonds. The van der Waals surface area contributed by atoms with Crippen LogP contribution in [0.5, 0.6) is 5.75 Å². The van der Waals surface area contributed by atoms with Crippen LogP contribution in [0.3, 0.4) is 0 Å². The summed E-state index contributed by atoms with van der Waals surface area (Å²) in [6, 6.07) is 9.20. The maximum atomic E-state index is 11.8. The normalized spacial score (nSPS) is 11.9. The highest BCUT2D eigenvalue weighted by Crippen LogP contribution is 2.31. The van der Waals surface area contributed by atoms with Gasteiger partial charge >= 0.3 is 5.97 Å². The van der Waals surface area contributed by atoms with Crippen LogP contribution in [0.15, 0.2) is 30.3 Å². The van der Waals surface area contributed by atoms with Gasteiger partial charge in [-0.2, -0.15) is 0 Å². The molecule has 0 aromatic heterocycles. The maximum Gasteiger partial charge on any atom is 0.348 e. The molecule has 0 aliphatic heterocycles. The average Bonchev–Trinajstić information content (AvgIpc) is 2.27. The standard InChI is InChI=1S/C16H24O3/c1-12(2)10-16(15(17)18,11-13(3)4)19-14-8-6-5-7-9-14/h5-9,12-13H,10-11H2,1-4H3,(H,17,18). The van der Waals surface area contributed by atoms with E-state index in [4.69, 9.17) is 4.74 Å². The third kappa shape index (κ3) is 4.58. The first-order valence-corrected chi connectivity index (χ1v) is 6.83. The number of carboxylic acids is 1. The minimum Gasteiger partial charge on any atom is -0.478 e. The molecular weight excluding hydrogens is 240 g/mol. The fourth-order valence-corrected chi connectivity index (χ4v) is 2.42. The minimum atomic E-state index is -1.14. The molecule has 1 aromatic carbocycles. The molecule has 0 saturated heterocycles. The highest BCUT2D eigenvalue weighted by molar-refractivity contribution is 5.78. The second-order valence-corrected chi connectivity index (χ2v) is 5.91. The molecule has 0 saturated carbocycles. The van der Waals surface area contributed by atoms with E-state index in [1.807, 2.05) is 45.9 Å². The zero-order valence-electron chi connectivity index (χ0n) is 12.2. The molecule has 0 bridgehead atoms. The third-order valence-corrected chi connectivity index (χ3v) is 2.92. The molecular formula is C16H24O3. The second kappa shape index (κ2) is 6.60. The molecule has 1 aromatic rings. The molecule has 0 radical (unpaired) electrons. The Kier molecular flexibility index (Phi) is 5.40. The van der Waals surface area contributed by atoms with Crippen molar-refractivity contribution >= 4 is 5.97 Å². The van der Waals surface area contributed by atoms with Crippen LogP contribution >= 0.6 is 0 Å². The quantitative estimate of drug-likeness (QED) is 0.810. The van der Waals surface area contributed by atoms with E-state index < -0.39 is 11.6 Å². The van der Waals surface area contributed by atoms with Crippen molar-refractivity contribution < 1.29 is 14.6 Å². The van der Waals surface area contributed by atoms with Crippen molar-refractivity contribution in [2.45, 2.75) is 46.1 Å². The van der Waals surface area contributed by atoms with Gasteiger partial charge in [-0.05, 0) is 24.0 Å². The van der Waals surface area contributed by atoms with Gasteiger partial charge in [0.2, 0.25) is 5.60 Å².